The topological polar surface area (TPSA) is 123 Å². The van der Waals surface area contributed by atoms with E-state index in [0.717, 1.165) is 5.56 Å². The number of phenolic OH excluding ortho intramolecular Hbond substituents is 1. The molecule has 4 rings (SSSR count). The highest BCUT2D eigenvalue weighted by molar-refractivity contribution is 9.11. The second-order valence-electron chi connectivity index (χ2n) is 8.97. The molecule has 2 atom stereocenters. The molecule has 4 aromatic rings. The van der Waals surface area contributed by atoms with Crippen LogP contribution in [0.4, 0.5) is 21.9 Å². The highest BCUT2D eigenvalue weighted by atomic mass is 79.9. The van der Waals surface area contributed by atoms with E-state index < -0.39 is 24.2 Å². The molecule has 0 aromatic heterocycles. The summed E-state index contributed by atoms with van der Waals surface area (Å²) in [6, 6.07) is 26.2. The van der Waals surface area contributed by atoms with Crippen LogP contribution >= 0.6 is 31.9 Å². The van der Waals surface area contributed by atoms with Gasteiger partial charge in [-0.15, -0.1) is 0 Å². The summed E-state index contributed by atoms with van der Waals surface area (Å²) < 4.78 is 13.1. The minimum Gasteiger partial charge on any atom is -0.506 e. The number of phenols is 1. The van der Waals surface area contributed by atoms with Crippen LogP contribution in [0, 0.1) is 6.92 Å². The monoisotopic (exact) mass is 679 g/mol. The molecule has 41 heavy (non-hydrogen) atoms. The van der Waals surface area contributed by atoms with E-state index in [0.29, 0.717) is 31.8 Å². The van der Waals surface area contributed by atoms with Gasteiger partial charge in [0.2, 0.25) is 5.91 Å². The van der Waals surface area contributed by atoms with E-state index in [-0.39, 0.29) is 11.3 Å². The van der Waals surface area contributed by atoms with E-state index in [1.165, 1.54) is 12.2 Å². The second kappa shape index (κ2) is 13.9. The van der Waals surface area contributed by atoms with Crippen molar-refractivity contribution in [3.05, 3.63) is 123 Å². The van der Waals surface area contributed by atoms with Crippen LogP contribution < -0.4 is 21.1 Å². The van der Waals surface area contributed by atoms with Crippen molar-refractivity contribution in [2.24, 2.45) is 0 Å². The molecule has 10 heteroatoms. The van der Waals surface area contributed by atoms with Gasteiger partial charge in [0.05, 0.1) is 15.8 Å². The van der Waals surface area contributed by atoms with Crippen LogP contribution in [-0.2, 0) is 9.53 Å². The van der Waals surface area contributed by atoms with E-state index in [2.05, 4.69) is 42.5 Å². The average molecular weight is 681 g/mol. The Kier molecular flexibility index (Phi) is 10.0. The normalized spacial score (nSPS) is 12.4. The second-order valence-corrected chi connectivity index (χ2v) is 10.7. The van der Waals surface area contributed by atoms with Crippen LogP contribution in [-0.4, -0.2) is 23.2 Å². The van der Waals surface area contributed by atoms with Gasteiger partial charge in [-0.05, 0) is 77.5 Å². The Morgan fingerprint density at radius 3 is 2.32 bits per heavy atom. The lowest BCUT2D eigenvalue weighted by Gasteiger charge is -2.27. The third-order valence-corrected chi connectivity index (χ3v) is 6.93. The van der Waals surface area contributed by atoms with Crippen molar-refractivity contribution >= 4 is 60.9 Å². The smallest absolute Gasteiger partial charge is 0.412 e. The molecule has 0 heterocycles. The molecule has 0 saturated carbocycles. The average Bonchev–Trinajstić information content (AvgIpc) is 2.95. The van der Waals surface area contributed by atoms with Crippen LogP contribution in [0.3, 0.4) is 0 Å². The predicted octanol–water partition coefficient (Wildman–Crippen LogP) is 7.74. The van der Waals surface area contributed by atoms with Gasteiger partial charge >= 0.3 is 6.09 Å². The minimum atomic E-state index is -1.19. The van der Waals surface area contributed by atoms with Crippen molar-refractivity contribution in [3.63, 3.8) is 0 Å². The Morgan fingerprint density at radius 2 is 1.61 bits per heavy atom. The number of carbonyl (C=O) groups is 2. The number of nitrogens with one attached hydrogen (secondary N) is 2. The maximum absolute atomic E-state index is 13.1. The summed E-state index contributed by atoms with van der Waals surface area (Å²) in [4.78, 5) is 26.0. The maximum Gasteiger partial charge on any atom is 0.412 e. The third kappa shape index (κ3) is 8.36. The van der Waals surface area contributed by atoms with E-state index in [1.54, 1.807) is 72.8 Å². The molecule has 0 fully saturated rings. The van der Waals surface area contributed by atoms with E-state index in [9.17, 15) is 14.7 Å². The highest BCUT2D eigenvalue weighted by Gasteiger charge is 2.31. The summed E-state index contributed by atoms with van der Waals surface area (Å²) in [6.45, 7) is 1.94. The van der Waals surface area contributed by atoms with Crippen LogP contribution in [0.5, 0.6) is 11.5 Å². The Bertz CT molecular complexity index is 1550. The van der Waals surface area contributed by atoms with Gasteiger partial charge in [-0.2, -0.15) is 0 Å². The van der Waals surface area contributed by atoms with Crippen LogP contribution in [0.1, 0.15) is 17.2 Å². The van der Waals surface area contributed by atoms with Gasteiger partial charge in [-0.25, -0.2) is 4.79 Å². The Morgan fingerprint density at radius 1 is 0.927 bits per heavy atom. The van der Waals surface area contributed by atoms with Gasteiger partial charge in [0.15, 0.2) is 12.2 Å². The number of aryl methyl sites for hydroxylation is 1. The third-order valence-electron chi connectivity index (χ3n) is 5.87. The fourth-order valence-electron chi connectivity index (χ4n) is 3.84. The summed E-state index contributed by atoms with van der Waals surface area (Å²) in [5.41, 5.74) is 8.60. The van der Waals surface area contributed by atoms with Gasteiger partial charge in [-0.3, -0.25) is 10.1 Å². The molecular formula is C31H27Br2N3O5. The number of anilines is 3. The molecule has 5 N–H and O–H groups in total. The van der Waals surface area contributed by atoms with Crippen LogP contribution in [0.15, 0.2) is 112 Å². The molecule has 0 spiro atoms. The molecule has 0 bridgehead atoms. The molecule has 0 aliphatic rings. The summed E-state index contributed by atoms with van der Waals surface area (Å²) >= 11 is 6.78. The molecule has 0 aliphatic carbocycles. The summed E-state index contributed by atoms with van der Waals surface area (Å²) in [6.07, 6.45) is -0.309. The number of rotatable bonds is 9. The molecule has 2 amide bonds. The zero-order chi connectivity index (χ0) is 29.4. The Hall–Kier alpha value is -4.28. The van der Waals surface area contributed by atoms with Gasteiger partial charge in [0.25, 0.3) is 0 Å². The molecule has 0 radical (unpaired) electrons. The minimum absolute atomic E-state index is 0.155. The molecule has 0 saturated heterocycles. The number of halogens is 2. The number of aromatic hydroxyl groups is 1. The number of hydrogen-bond acceptors (Lipinski definition) is 6. The number of ether oxygens (including phenoxy) is 2. The van der Waals surface area contributed by atoms with Crippen molar-refractivity contribution in [1.29, 1.82) is 0 Å². The van der Waals surface area contributed by atoms with Gasteiger partial charge < -0.3 is 25.6 Å². The molecule has 4 aromatic carbocycles. The van der Waals surface area contributed by atoms with E-state index in [1.807, 2.05) is 25.1 Å². The van der Waals surface area contributed by atoms with E-state index >= 15 is 0 Å². The lowest BCUT2D eigenvalue weighted by molar-refractivity contribution is -0.112. The lowest BCUT2D eigenvalue weighted by atomic mass is 10.0. The Balaban J connectivity index is 1.70. The number of para-hydroxylation sites is 3. The van der Waals surface area contributed by atoms with E-state index in [4.69, 9.17) is 15.2 Å². The summed E-state index contributed by atoms with van der Waals surface area (Å²) in [7, 11) is 0. The number of nitrogens with two attached hydrogens (primary N) is 1. The number of amides is 2. The highest BCUT2D eigenvalue weighted by Crippen LogP contribution is 2.39. The first-order chi connectivity index (χ1) is 19.7. The standard InChI is InChI=1S/C31H27Br2N3O5/c1-19-11-13-21(14-12-19)35-31(39)41-30(23-17-20(32)18-24(33)29(23)38)27(40-22-7-3-2-4-8-22)15-16-28(37)36-26-10-6-5-9-25(26)34/h2-18,27,30,38H,34H2,1H3,(H,35,39)(H,36,37)/b16-15+/t27-,30-/m1/s1. The fourth-order valence-corrected chi connectivity index (χ4v) is 5.09. The van der Waals surface area contributed by atoms with Gasteiger partial charge in [0.1, 0.15) is 11.5 Å². The Labute approximate surface area is 254 Å². The van der Waals surface area contributed by atoms with Crippen molar-refractivity contribution in [3.8, 4) is 11.5 Å². The maximum atomic E-state index is 13.1. The molecular weight excluding hydrogens is 654 g/mol. The van der Waals surface area contributed by atoms with Gasteiger partial charge in [0, 0.05) is 21.8 Å². The number of benzene rings is 4. The fraction of sp³-hybridized carbons (Fsp3) is 0.0968. The van der Waals surface area contributed by atoms with Crippen molar-refractivity contribution in [2.45, 2.75) is 19.1 Å². The summed E-state index contributed by atoms with van der Waals surface area (Å²) in [5, 5.41) is 16.4. The van der Waals surface area contributed by atoms with Crippen molar-refractivity contribution in [2.75, 3.05) is 16.4 Å². The van der Waals surface area contributed by atoms with Crippen molar-refractivity contribution in [1.82, 2.24) is 0 Å². The summed E-state index contributed by atoms with van der Waals surface area (Å²) in [5.74, 6) is -0.180. The molecule has 0 unspecified atom stereocenters. The first-order valence-corrected chi connectivity index (χ1v) is 14.1. The van der Waals surface area contributed by atoms with Crippen LogP contribution in [0.2, 0.25) is 0 Å². The van der Waals surface area contributed by atoms with Crippen LogP contribution in [0.25, 0.3) is 0 Å². The molecule has 8 nitrogen and oxygen atoms in total. The van der Waals surface area contributed by atoms with Gasteiger partial charge in [-0.1, -0.05) is 64.0 Å². The zero-order valence-electron chi connectivity index (χ0n) is 21.9. The number of hydrogen-bond donors (Lipinski definition) is 4. The predicted molar refractivity (Wildman–Crippen MR) is 167 cm³/mol. The van der Waals surface area contributed by atoms with Crippen molar-refractivity contribution < 1.29 is 24.2 Å². The first kappa shape index (κ1) is 29.7. The SMILES string of the molecule is Cc1ccc(NC(=O)O[C@H](c2cc(Br)cc(Br)c2O)[C@@H](/C=C/C(=O)Nc2ccccc2N)Oc2ccccc2)cc1. The number of carbonyl (C=O) groups excluding carboxylic acids is 2. The first-order valence-electron chi connectivity index (χ1n) is 12.5. The largest absolute Gasteiger partial charge is 0.506 e. The zero-order valence-corrected chi connectivity index (χ0v) is 25.1. The molecule has 210 valence electrons. The number of nitrogen functional groups attached to an aromatic ring is 1. The molecule has 0 aliphatic heterocycles. The lowest BCUT2D eigenvalue weighted by Crippen LogP contribution is -2.30. The quantitative estimate of drug-likeness (QED) is 0.106.